The first kappa shape index (κ1) is 12.6. The molecule has 0 radical (unpaired) electrons. The fraction of sp³-hybridized carbons (Fsp3) is 0. The van der Waals surface area contributed by atoms with E-state index in [0.717, 1.165) is 6.33 Å². The first-order valence-electron chi connectivity index (χ1n) is 4.74. The van der Waals surface area contributed by atoms with Crippen LogP contribution in [0.15, 0.2) is 24.5 Å². The van der Waals surface area contributed by atoms with Gasteiger partial charge in [-0.05, 0) is 18.2 Å². The van der Waals surface area contributed by atoms with Crippen LogP contribution in [-0.4, -0.2) is 9.97 Å². The van der Waals surface area contributed by atoms with Gasteiger partial charge in [0.05, 0.1) is 22.3 Å². The highest BCUT2D eigenvalue weighted by Crippen LogP contribution is 2.27. The van der Waals surface area contributed by atoms with Crippen LogP contribution < -0.4 is 5.32 Å². The van der Waals surface area contributed by atoms with E-state index in [2.05, 4.69) is 15.3 Å². The smallest absolute Gasteiger partial charge is 0.203 e. The molecule has 0 bridgehead atoms. The molecule has 0 saturated heterocycles. The summed E-state index contributed by atoms with van der Waals surface area (Å²) >= 11 is 11.5. The van der Waals surface area contributed by atoms with Gasteiger partial charge in [0, 0.05) is 0 Å². The molecule has 0 aliphatic carbocycles. The molecule has 1 aromatic heterocycles. The lowest BCUT2D eigenvalue weighted by Gasteiger charge is -2.08. The van der Waals surface area contributed by atoms with Gasteiger partial charge in [0.15, 0.2) is 11.0 Å². The van der Waals surface area contributed by atoms with Gasteiger partial charge < -0.3 is 5.32 Å². The topological polar surface area (TPSA) is 61.6 Å². The molecule has 1 heterocycles. The Labute approximate surface area is 112 Å². The molecule has 2 aromatic rings. The van der Waals surface area contributed by atoms with Crippen molar-refractivity contribution in [1.29, 1.82) is 5.26 Å². The third-order valence-electron chi connectivity index (χ3n) is 2.10. The molecule has 7 heteroatoms. The van der Waals surface area contributed by atoms with Gasteiger partial charge in [-0.25, -0.2) is 9.97 Å². The molecule has 0 unspecified atom stereocenters. The van der Waals surface area contributed by atoms with Gasteiger partial charge in [-0.3, -0.25) is 0 Å². The van der Waals surface area contributed by atoms with Gasteiger partial charge in [0.2, 0.25) is 5.82 Å². The van der Waals surface area contributed by atoms with Crippen LogP contribution in [0.1, 0.15) is 5.56 Å². The van der Waals surface area contributed by atoms with Crippen molar-refractivity contribution in [2.45, 2.75) is 0 Å². The Balaban J connectivity index is 2.35. The van der Waals surface area contributed by atoms with Gasteiger partial charge in [0.25, 0.3) is 0 Å². The van der Waals surface area contributed by atoms with Crippen LogP contribution in [0.2, 0.25) is 10.2 Å². The maximum absolute atomic E-state index is 13.5. The second-order valence-electron chi connectivity index (χ2n) is 3.26. The van der Waals surface area contributed by atoms with Crippen molar-refractivity contribution < 1.29 is 4.39 Å². The lowest BCUT2D eigenvalue weighted by molar-refractivity contribution is 0.619. The van der Waals surface area contributed by atoms with E-state index in [0.29, 0.717) is 11.3 Å². The third kappa shape index (κ3) is 2.50. The molecule has 1 N–H and O–H groups in total. The van der Waals surface area contributed by atoms with Crippen LogP contribution in [0, 0.1) is 17.1 Å². The molecule has 90 valence electrons. The van der Waals surface area contributed by atoms with Gasteiger partial charge in [-0.2, -0.15) is 9.65 Å². The van der Waals surface area contributed by atoms with E-state index in [1.54, 1.807) is 12.1 Å². The number of nitrogens with one attached hydrogen (secondary N) is 1. The van der Waals surface area contributed by atoms with Crippen LogP contribution in [0.25, 0.3) is 0 Å². The number of halogens is 3. The number of nitriles is 1. The van der Waals surface area contributed by atoms with E-state index in [1.165, 1.54) is 6.07 Å². The van der Waals surface area contributed by atoms with E-state index in [9.17, 15) is 4.39 Å². The molecule has 2 rings (SSSR count). The fourth-order valence-corrected chi connectivity index (χ4v) is 1.61. The second-order valence-corrected chi connectivity index (χ2v) is 4.02. The normalized spacial score (nSPS) is 9.89. The van der Waals surface area contributed by atoms with Crippen molar-refractivity contribution >= 4 is 34.7 Å². The first-order chi connectivity index (χ1) is 8.61. The van der Waals surface area contributed by atoms with Gasteiger partial charge in [-0.1, -0.05) is 23.2 Å². The summed E-state index contributed by atoms with van der Waals surface area (Å²) in [6, 6.07) is 6.51. The van der Waals surface area contributed by atoms with Crippen LogP contribution in [0.4, 0.5) is 15.9 Å². The SMILES string of the molecule is N#Cc1ccc(Nc2ncnc(Cl)c2F)c(Cl)c1. The highest BCUT2D eigenvalue weighted by Gasteiger charge is 2.11. The van der Waals surface area contributed by atoms with Gasteiger partial charge in [-0.15, -0.1) is 0 Å². The minimum absolute atomic E-state index is 0.0818. The number of anilines is 2. The Hall–Kier alpha value is -1.90. The van der Waals surface area contributed by atoms with E-state index in [4.69, 9.17) is 28.5 Å². The maximum atomic E-state index is 13.5. The number of benzene rings is 1. The summed E-state index contributed by atoms with van der Waals surface area (Å²) in [7, 11) is 0. The summed E-state index contributed by atoms with van der Waals surface area (Å²) in [6.45, 7) is 0. The summed E-state index contributed by atoms with van der Waals surface area (Å²) in [5, 5.41) is 11.4. The van der Waals surface area contributed by atoms with Crippen molar-refractivity contribution in [2.24, 2.45) is 0 Å². The molecule has 0 saturated carbocycles. The number of rotatable bonds is 2. The Morgan fingerprint density at radius 3 is 2.72 bits per heavy atom. The lowest BCUT2D eigenvalue weighted by atomic mass is 10.2. The monoisotopic (exact) mass is 282 g/mol. The Bertz CT molecular complexity index is 639. The lowest BCUT2D eigenvalue weighted by Crippen LogP contribution is -1.99. The van der Waals surface area contributed by atoms with Crippen molar-refractivity contribution in [2.75, 3.05) is 5.32 Å². The third-order valence-corrected chi connectivity index (χ3v) is 2.67. The zero-order valence-corrected chi connectivity index (χ0v) is 10.3. The second kappa shape index (κ2) is 5.17. The predicted molar refractivity (Wildman–Crippen MR) is 66.4 cm³/mol. The largest absolute Gasteiger partial charge is 0.336 e. The van der Waals surface area contributed by atoms with Crippen LogP contribution in [0.5, 0.6) is 0 Å². The molecule has 0 fully saturated rings. The zero-order valence-electron chi connectivity index (χ0n) is 8.78. The first-order valence-corrected chi connectivity index (χ1v) is 5.50. The average Bonchev–Trinajstić information content (AvgIpc) is 2.37. The molecule has 0 atom stereocenters. The quantitative estimate of drug-likeness (QED) is 0.856. The van der Waals surface area contributed by atoms with Crippen molar-refractivity contribution in [1.82, 2.24) is 9.97 Å². The minimum Gasteiger partial charge on any atom is -0.336 e. The average molecular weight is 283 g/mol. The maximum Gasteiger partial charge on any atom is 0.203 e. The van der Waals surface area contributed by atoms with Crippen LogP contribution in [-0.2, 0) is 0 Å². The van der Waals surface area contributed by atoms with Gasteiger partial charge in [0.1, 0.15) is 6.33 Å². The summed E-state index contributed by atoms with van der Waals surface area (Å²) in [5.41, 5.74) is 0.830. The summed E-state index contributed by atoms with van der Waals surface area (Å²) in [6.07, 6.45) is 1.13. The van der Waals surface area contributed by atoms with Crippen molar-refractivity contribution in [3.05, 3.63) is 46.1 Å². The summed E-state index contributed by atoms with van der Waals surface area (Å²) < 4.78 is 13.5. The standard InChI is InChI=1S/C11H5Cl2FN4/c12-7-3-6(4-15)1-2-8(7)18-11-9(14)10(13)16-5-17-11/h1-3,5H,(H,16,17,18). The number of hydrogen-bond donors (Lipinski definition) is 1. The molecule has 0 spiro atoms. The van der Waals surface area contributed by atoms with Gasteiger partial charge >= 0.3 is 0 Å². The number of aromatic nitrogens is 2. The molecule has 0 aliphatic rings. The number of nitrogens with zero attached hydrogens (tertiary/aromatic N) is 3. The summed E-state index contributed by atoms with van der Waals surface area (Å²) in [5.74, 6) is -0.846. The molecular weight excluding hydrogens is 278 g/mol. The highest BCUT2D eigenvalue weighted by molar-refractivity contribution is 6.33. The molecule has 4 nitrogen and oxygen atoms in total. The van der Waals surface area contributed by atoms with E-state index < -0.39 is 5.82 Å². The molecule has 0 amide bonds. The van der Waals surface area contributed by atoms with Crippen molar-refractivity contribution in [3.8, 4) is 6.07 Å². The molecular formula is C11H5Cl2FN4. The molecule has 1 aromatic carbocycles. The molecule has 0 aliphatic heterocycles. The van der Waals surface area contributed by atoms with E-state index >= 15 is 0 Å². The number of hydrogen-bond acceptors (Lipinski definition) is 4. The Morgan fingerprint density at radius 2 is 2.06 bits per heavy atom. The molecule has 18 heavy (non-hydrogen) atoms. The zero-order chi connectivity index (χ0) is 13.1. The van der Waals surface area contributed by atoms with Crippen molar-refractivity contribution in [3.63, 3.8) is 0 Å². The Morgan fingerprint density at radius 1 is 1.28 bits per heavy atom. The highest BCUT2D eigenvalue weighted by atomic mass is 35.5. The van der Waals surface area contributed by atoms with Crippen LogP contribution >= 0.6 is 23.2 Å². The Kier molecular flexibility index (Phi) is 3.60. The van der Waals surface area contributed by atoms with E-state index in [1.807, 2.05) is 6.07 Å². The summed E-state index contributed by atoms with van der Waals surface area (Å²) in [4.78, 5) is 7.21. The van der Waals surface area contributed by atoms with E-state index in [-0.39, 0.29) is 16.0 Å². The fourth-order valence-electron chi connectivity index (χ4n) is 1.25. The predicted octanol–water partition coefficient (Wildman–Crippen LogP) is 3.54. The minimum atomic E-state index is -0.764. The van der Waals surface area contributed by atoms with Crippen LogP contribution in [0.3, 0.4) is 0 Å².